The van der Waals surface area contributed by atoms with Gasteiger partial charge >= 0.3 is 5.97 Å². The maximum Gasteiger partial charge on any atom is 0.345 e. The van der Waals surface area contributed by atoms with E-state index in [0.717, 1.165) is 6.20 Å². The minimum absolute atomic E-state index is 0.0616. The van der Waals surface area contributed by atoms with Gasteiger partial charge in [-0.2, -0.15) is 0 Å². The zero-order chi connectivity index (χ0) is 16.1. The molecule has 0 bridgehead atoms. The lowest BCUT2D eigenvalue weighted by Crippen LogP contribution is -2.30. The van der Waals surface area contributed by atoms with Crippen molar-refractivity contribution in [1.29, 1.82) is 0 Å². The average Bonchev–Trinajstić information content (AvgIpc) is 2.86. The summed E-state index contributed by atoms with van der Waals surface area (Å²) < 4.78 is 4.73. The maximum absolute atomic E-state index is 11.9. The smallest absolute Gasteiger partial charge is 0.345 e. The Morgan fingerprint density at radius 1 is 1.64 bits per heavy atom. The molecule has 0 saturated carbocycles. The number of nitrogens with zero attached hydrogens (tertiary/aromatic N) is 5. The van der Waals surface area contributed by atoms with Crippen molar-refractivity contribution in [3.63, 3.8) is 0 Å². The molecule has 2 heterocycles. The topological polar surface area (TPSA) is 141 Å². The maximum atomic E-state index is 11.9. The van der Waals surface area contributed by atoms with Gasteiger partial charge in [0.2, 0.25) is 11.9 Å². The molecule has 1 aromatic rings. The van der Waals surface area contributed by atoms with E-state index in [9.17, 15) is 14.4 Å². The molecule has 0 spiro atoms. The van der Waals surface area contributed by atoms with Crippen molar-refractivity contribution >= 4 is 17.8 Å². The molecule has 22 heavy (non-hydrogen) atoms. The molecule has 10 heteroatoms. The van der Waals surface area contributed by atoms with Gasteiger partial charge in [-0.3, -0.25) is 19.5 Å². The molecule has 1 amide bonds. The molecule has 0 aromatic carbocycles. The summed E-state index contributed by atoms with van der Waals surface area (Å²) in [6.07, 6.45) is 1.29. The van der Waals surface area contributed by atoms with Crippen molar-refractivity contribution in [2.45, 2.75) is 13.3 Å². The molecule has 1 N–H and O–H groups in total. The first-order valence-electron chi connectivity index (χ1n) is 6.64. The first kappa shape index (κ1) is 15.5. The zero-order valence-corrected chi connectivity index (χ0v) is 11.9. The monoisotopic (exact) mass is 306 g/mol. The summed E-state index contributed by atoms with van der Waals surface area (Å²) in [7, 11) is 0. The van der Waals surface area contributed by atoms with Crippen LogP contribution < -0.4 is 10.5 Å². The number of aromatic amines is 1. The second-order valence-corrected chi connectivity index (χ2v) is 4.66. The van der Waals surface area contributed by atoms with Crippen molar-refractivity contribution in [1.82, 2.24) is 9.97 Å². The van der Waals surface area contributed by atoms with Gasteiger partial charge in [-0.05, 0) is 18.4 Å². The van der Waals surface area contributed by atoms with Crippen LogP contribution in [0.1, 0.15) is 23.7 Å². The normalized spacial score (nSPS) is 17.2. The summed E-state index contributed by atoms with van der Waals surface area (Å²) in [5.41, 5.74) is 7.40. The van der Waals surface area contributed by atoms with Crippen molar-refractivity contribution in [2.24, 2.45) is 11.0 Å². The van der Waals surface area contributed by atoms with Gasteiger partial charge in [-0.25, -0.2) is 9.78 Å². The molecule has 1 fully saturated rings. The molecule has 1 aliphatic rings. The highest BCUT2D eigenvalue weighted by atomic mass is 16.5. The summed E-state index contributed by atoms with van der Waals surface area (Å²) in [5, 5.41) is 3.44. The highest BCUT2D eigenvalue weighted by molar-refractivity contribution is 5.94. The fourth-order valence-electron chi connectivity index (χ4n) is 2.14. The van der Waals surface area contributed by atoms with Gasteiger partial charge in [0.15, 0.2) is 0 Å². The Balaban J connectivity index is 2.18. The predicted octanol–water partition coefficient (Wildman–Crippen LogP) is 0.610. The van der Waals surface area contributed by atoms with Crippen molar-refractivity contribution in [3.05, 3.63) is 32.6 Å². The van der Waals surface area contributed by atoms with Crippen LogP contribution in [0, 0.1) is 5.92 Å². The number of nitrogens with one attached hydrogen (secondary N) is 1. The number of aromatic nitrogens is 2. The number of H-pyrrole nitrogens is 1. The van der Waals surface area contributed by atoms with Gasteiger partial charge in [-0.15, -0.1) is 0 Å². The van der Waals surface area contributed by atoms with Crippen LogP contribution in [0.4, 0.5) is 5.95 Å². The Hall–Kier alpha value is -2.87. The van der Waals surface area contributed by atoms with E-state index in [1.807, 2.05) is 0 Å². The van der Waals surface area contributed by atoms with E-state index in [0.29, 0.717) is 6.54 Å². The SMILES string of the molecule is CCOC(=O)c1cnc(N2CC(CN=[N+]=[N-])CC2=O)[nH]c1=O. The summed E-state index contributed by atoms with van der Waals surface area (Å²) in [6.45, 7) is 2.26. The second kappa shape index (κ2) is 6.72. The molecular formula is C12H14N6O4. The molecule has 1 atom stereocenters. The standard InChI is InChI=1S/C12H14N6O4/c1-2-22-11(21)8-5-14-12(16-10(8)20)18-6-7(3-9(18)19)4-15-17-13/h5,7H,2-4,6H2,1H3,(H,14,16,20). The van der Waals surface area contributed by atoms with Crippen LogP contribution in [0.2, 0.25) is 0 Å². The number of rotatable bonds is 5. The third-order valence-electron chi connectivity index (χ3n) is 3.15. The van der Waals surface area contributed by atoms with Crippen LogP contribution in [0.25, 0.3) is 10.4 Å². The number of anilines is 1. The quantitative estimate of drug-likeness (QED) is 0.367. The van der Waals surface area contributed by atoms with Gasteiger partial charge in [0.05, 0.1) is 12.8 Å². The Labute approximate surface area is 124 Å². The summed E-state index contributed by atoms with van der Waals surface area (Å²) >= 11 is 0. The number of carbonyl (C=O) groups excluding carboxylic acids is 2. The van der Waals surface area contributed by atoms with E-state index >= 15 is 0 Å². The number of esters is 1. The number of amides is 1. The lowest BCUT2D eigenvalue weighted by Gasteiger charge is -2.14. The number of hydrogen-bond donors (Lipinski definition) is 1. The van der Waals surface area contributed by atoms with Crippen molar-refractivity contribution < 1.29 is 14.3 Å². The largest absolute Gasteiger partial charge is 0.462 e. The van der Waals surface area contributed by atoms with E-state index in [-0.39, 0.29) is 42.9 Å². The van der Waals surface area contributed by atoms with E-state index in [1.54, 1.807) is 6.92 Å². The molecule has 1 aliphatic heterocycles. The first-order valence-corrected chi connectivity index (χ1v) is 6.64. The zero-order valence-electron chi connectivity index (χ0n) is 11.9. The summed E-state index contributed by atoms with van der Waals surface area (Å²) in [5.74, 6) is -1.06. The third-order valence-corrected chi connectivity index (χ3v) is 3.15. The van der Waals surface area contributed by atoms with Gasteiger partial charge in [0, 0.05) is 24.4 Å². The van der Waals surface area contributed by atoms with Crippen LogP contribution in [0.15, 0.2) is 16.1 Å². The van der Waals surface area contributed by atoms with Crippen molar-refractivity contribution in [2.75, 3.05) is 24.6 Å². The van der Waals surface area contributed by atoms with Crippen LogP contribution >= 0.6 is 0 Å². The summed E-state index contributed by atoms with van der Waals surface area (Å²) in [4.78, 5) is 45.6. The average molecular weight is 306 g/mol. The minimum Gasteiger partial charge on any atom is -0.462 e. The van der Waals surface area contributed by atoms with Crippen LogP contribution in [-0.4, -0.2) is 41.5 Å². The third kappa shape index (κ3) is 3.23. The lowest BCUT2D eigenvalue weighted by molar-refractivity contribution is -0.117. The van der Waals surface area contributed by atoms with Gasteiger partial charge in [0.1, 0.15) is 5.56 Å². The van der Waals surface area contributed by atoms with E-state index in [2.05, 4.69) is 20.0 Å². The van der Waals surface area contributed by atoms with E-state index < -0.39 is 11.5 Å². The molecule has 0 aliphatic carbocycles. The first-order chi connectivity index (χ1) is 10.6. The van der Waals surface area contributed by atoms with Crippen LogP contribution in [-0.2, 0) is 9.53 Å². The number of azide groups is 1. The molecular weight excluding hydrogens is 292 g/mol. The molecule has 116 valence electrons. The molecule has 2 rings (SSSR count). The second-order valence-electron chi connectivity index (χ2n) is 4.66. The van der Waals surface area contributed by atoms with Gasteiger partial charge in [-0.1, -0.05) is 5.11 Å². The fourth-order valence-corrected chi connectivity index (χ4v) is 2.14. The molecule has 0 radical (unpaired) electrons. The molecule has 1 saturated heterocycles. The Morgan fingerprint density at radius 3 is 3.05 bits per heavy atom. The van der Waals surface area contributed by atoms with Crippen molar-refractivity contribution in [3.8, 4) is 0 Å². The number of hydrogen-bond acceptors (Lipinski definition) is 6. The van der Waals surface area contributed by atoms with E-state index in [1.165, 1.54) is 4.90 Å². The Kier molecular flexibility index (Phi) is 4.74. The minimum atomic E-state index is -0.767. The summed E-state index contributed by atoms with van der Waals surface area (Å²) in [6, 6.07) is 0. The van der Waals surface area contributed by atoms with Gasteiger partial charge < -0.3 is 4.74 Å². The highest BCUT2D eigenvalue weighted by Gasteiger charge is 2.31. The highest BCUT2D eigenvalue weighted by Crippen LogP contribution is 2.21. The predicted molar refractivity (Wildman–Crippen MR) is 75.3 cm³/mol. The van der Waals surface area contributed by atoms with Crippen LogP contribution in [0.3, 0.4) is 0 Å². The Bertz CT molecular complexity index is 693. The number of ether oxygens (including phenoxy) is 1. The lowest BCUT2D eigenvalue weighted by atomic mass is 10.1. The molecule has 10 nitrogen and oxygen atoms in total. The molecule has 1 aromatic heterocycles. The van der Waals surface area contributed by atoms with Gasteiger partial charge in [0.25, 0.3) is 5.56 Å². The molecule has 1 unspecified atom stereocenters. The fraction of sp³-hybridized carbons (Fsp3) is 0.500. The van der Waals surface area contributed by atoms with Crippen LogP contribution in [0.5, 0.6) is 0 Å². The Morgan fingerprint density at radius 2 is 2.41 bits per heavy atom. The number of carbonyl (C=O) groups is 2. The van der Waals surface area contributed by atoms with E-state index in [4.69, 9.17) is 10.3 Å².